The van der Waals surface area contributed by atoms with E-state index in [4.69, 9.17) is 5.84 Å². The van der Waals surface area contributed by atoms with Gasteiger partial charge in [-0.1, -0.05) is 32.1 Å². The first-order valence-electron chi connectivity index (χ1n) is 6.73. The predicted octanol–water partition coefficient (Wildman–Crippen LogP) is 3.04. The molecule has 1 saturated carbocycles. The Hall–Kier alpha value is -1.23. The van der Waals surface area contributed by atoms with Crippen molar-refractivity contribution in [2.24, 2.45) is 5.84 Å². The zero-order valence-electron chi connectivity index (χ0n) is 10.9. The summed E-state index contributed by atoms with van der Waals surface area (Å²) in [4.78, 5) is 8.52. The van der Waals surface area contributed by atoms with Crippen molar-refractivity contribution in [1.29, 1.82) is 0 Å². The zero-order valence-corrected chi connectivity index (χ0v) is 10.9. The minimum atomic E-state index is -0.452. The Balaban J connectivity index is 2.22. The molecule has 1 aliphatic rings. The van der Waals surface area contributed by atoms with Gasteiger partial charge in [0.15, 0.2) is 11.6 Å². The van der Waals surface area contributed by atoms with Crippen molar-refractivity contribution in [1.82, 2.24) is 9.97 Å². The highest BCUT2D eigenvalue weighted by Crippen LogP contribution is 2.30. The lowest BCUT2D eigenvalue weighted by Gasteiger charge is -2.19. The molecule has 0 amide bonds. The largest absolute Gasteiger partial charge is 0.306 e. The molecule has 0 saturated heterocycles. The van der Waals surface area contributed by atoms with E-state index in [9.17, 15) is 4.39 Å². The van der Waals surface area contributed by atoms with E-state index in [2.05, 4.69) is 15.4 Å². The molecule has 1 aliphatic carbocycles. The molecule has 1 aromatic rings. The van der Waals surface area contributed by atoms with Crippen LogP contribution in [-0.4, -0.2) is 9.97 Å². The van der Waals surface area contributed by atoms with Crippen LogP contribution in [0.2, 0.25) is 0 Å². The van der Waals surface area contributed by atoms with Gasteiger partial charge in [-0.2, -0.15) is 0 Å². The van der Waals surface area contributed by atoms with Crippen LogP contribution in [0.15, 0.2) is 0 Å². The van der Waals surface area contributed by atoms with Crippen LogP contribution in [0.4, 0.5) is 10.2 Å². The van der Waals surface area contributed by atoms with Crippen LogP contribution in [0, 0.1) is 12.7 Å². The number of halogens is 1. The number of hydrazine groups is 1. The number of hydrogen-bond acceptors (Lipinski definition) is 4. The number of anilines is 1. The van der Waals surface area contributed by atoms with E-state index >= 15 is 0 Å². The summed E-state index contributed by atoms with van der Waals surface area (Å²) in [6.07, 6.45) is 8.47. The molecule has 3 N–H and O–H groups in total. The molecule has 5 heteroatoms. The van der Waals surface area contributed by atoms with Gasteiger partial charge >= 0.3 is 0 Å². The molecule has 18 heavy (non-hydrogen) atoms. The summed E-state index contributed by atoms with van der Waals surface area (Å²) in [5.74, 6) is 6.04. The van der Waals surface area contributed by atoms with E-state index in [1.165, 1.54) is 32.1 Å². The van der Waals surface area contributed by atoms with E-state index in [-0.39, 0.29) is 5.82 Å². The number of aryl methyl sites for hydroxylation is 1. The average Bonchev–Trinajstić information content (AvgIpc) is 2.32. The second kappa shape index (κ2) is 6.09. The Morgan fingerprint density at radius 3 is 2.33 bits per heavy atom. The fourth-order valence-corrected chi connectivity index (χ4v) is 2.57. The van der Waals surface area contributed by atoms with Gasteiger partial charge in [-0.15, -0.1) is 0 Å². The van der Waals surface area contributed by atoms with Crippen molar-refractivity contribution in [3.63, 3.8) is 0 Å². The normalized spacial score (nSPS) is 18.2. The number of nitrogen functional groups attached to an aromatic ring is 1. The average molecular weight is 252 g/mol. The van der Waals surface area contributed by atoms with Gasteiger partial charge in [0.2, 0.25) is 0 Å². The summed E-state index contributed by atoms with van der Waals surface area (Å²) in [5, 5.41) is 0. The smallest absolute Gasteiger partial charge is 0.187 e. The Kier molecular flexibility index (Phi) is 4.47. The number of nitrogens with one attached hydrogen (secondary N) is 1. The summed E-state index contributed by atoms with van der Waals surface area (Å²) in [6, 6.07) is 0. The zero-order chi connectivity index (χ0) is 13.0. The lowest BCUT2D eigenvalue weighted by atomic mass is 9.90. The second-order valence-electron chi connectivity index (χ2n) is 5.02. The Labute approximate surface area is 107 Å². The summed E-state index contributed by atoms with van der Waals surface area (Å²) in [7, 11) is 0. The first kappa shape index (κ1) is 13.2. The summed E-state index contributed by atoms with van der Waals surface area (Å²) < 4.78 is 13.6. The van der Waals surface area contributed by atoms with Crippen molar-refractivity contribution < 1.29 is 4.39 Å². The van der Waals surface area contributed by atoms with Gasteiger partial charge in [-0.25, -0.2) is 20.2 Å². The minimum Gasteiger partial charge on any atom is -0.306 e. The molecule has 0 atom stereocenters. The lowest BCUT2D eigenvalue weighted by molar-refractivity contribution is 0.439. The van der Waals surface area contributed by atoms with E-state index < -0.39 is 5.82 Å². The summed E-state index contributed by atoms with van der Waals surface area (Å²) in [5.41, 5.74) is 2.69. The first-order chi connectivity index (χ1) is 8.72. The third-order valence-corrected chi connectivity index (χ3v) is 3.64. The van der Waals surface area contributed by atoms with Gasteiger partial charge in [0.1, 0.15) is 5.82 Å². The number of nitrogens with two attached hydrogens (primary N) is 1. The van der Waals surface area contributed by atoms with Crippen molar-refractivity contribution in [2.75, 3.05) is 5.43 Å². The molecule has 0 aliphatic heterocycles. The predicted molar refractivity (Wildman–Crippen MR) is 69.6 cm³/mol. The van der Waals surface area contributed by atoms with Crippen LogP contribution in [0.1, 0.15) is 62.4 Å². The number of hydrogen-bond donors (Lipinski definition) is 2. The lowest BCUT2D eigenvalue weighted by Crippen LogP contribution is -2.16. The highest BCUT2D eigenvalue weighted by atomic mass is 19.1. The molecule has 1 aromatic heterocycles. The first-order valence-corrected chi connectivity index (χ1v) is 6.73. The molecule has 0 bridgehead atoms. The quantitative estimate of drug-likeness (QED) is 0.627. The third-order valence-electron chi connectivity index (χ3n) is 3.64. The van der Waals surface area contributed by atoms with E-state index in [1.54, 1.807) is 6.92 Å². The van der Waals surface area contributed by atoms with Crippen molar-refractivity contribution in [3.05, 3.63) is 17.3 Å². The topological polar surface area (TPSA) is 63.8 Å². The van der Waals surface area contributed by atoms with Crippen LogP contribution < -0.4 is 11.3 Å². The number of nitrogens with zero attached hydrogens (tertiary/aromatic N) is 2. The molecule has 2 rings (SSSR count). The van der Waals surface area contributed by atoms with E-state index in [0.717, 1.165) is 18.7 Å². The highest BCUT2D eigenvalue weighted by Gasteiger charge is 2.19. The highest BCUT2D eigenvalue weighted by molar-refractivity contribution is 5.37. The van der Waals surface area contributed by atoms with Crippen LogP contribution in [0.25, 0.3) is 0 Å². The molecule has 0 unspecified atom stereocenters. The maximum absolute atomic E-state index is 13.6. The minimum absolute atomic E-state index is 0.111. The van der Waals surface area contributed by atoms with Crippen LogP contribution in [0.5, 0.6) is 0 Å². The SMILES string of the molecule is Cc1nc(C2CCCCCCC2)nc(NN)c1F. The standard InChI is InChI=1S/C13H21FN4/c1-9-11(14)13(18-15)17-12(16-9)10-7-5-3-2-4-6-8-10/h10H,2-8,15H2,1H3,(H,16,17,18). The number of rotatable bonds is 2. The monoisotopic (exact) mass is 252 g/mol. The van der Waals surface area contributed by atoms with E-state index in [1.807, 2.05) is 0 Å². The maximum atomic E-state index is 13.6. The molecule has 0 aromatic carbocycles. The fraction of sp³-hybridized carbons (Fsp3) is 0.692. The second-order valence-corrected chi connectivity index (χ2v) is 5.02. The summed E-state index contributed by atoms with van der Waals surface area (Å²) >= 11 is 0. The molecule has 4 nitrogen and oxygen atoms in total. The van der Waals surface area contributed by atoms with Crippen LogP contribution >= 0.6 is 0 Å². The molecule has 1 heterocycles. The molecule has 1 fully saturated rings. The number of aromatic nitrogens is 2. The molecule has 0 spiro atoms. The van der Waals surface area contributed by atoms with Gasteiger partial charge in [0, 0.05) is 5.92 Å². The van der Waals surface area contributed by atoms with E-state index in [0.29, 0.717) is 11.6 Å². The molecular formula is C13H21FN4. The third kappa shape index (κ3) is 2.96. The Bertz CT molecular complexity index is 400. The Morgan fingerprint density at radius 2 is 1.72 bits per heavy atom. The van der Waals surface area contributed by atoms with Gasteiger partial charge < -0.3 is 5.43 Å². The molecule has 0 radical (unpaired) electrons. The van der Waals surface area contributed by atoms with Gasteiger partial charge in [-0.3, -0.25) is 0 Å². The van der Waals surface area contributed by atoms with Crippen molar-refractivity contribution in [3.8, 4) is 0 Å². The molecule has 100 valence electrons. The van der Waals surface area contributed by atoms with Crippen LogP contribution in [-0.2, 0) is 0 Å². The fourth-order valence-electron chi connectivity index (χ4n) is 2.57. The summed E-state index contributed by atoms with van der Waals surface area (Å²) in [6.45, 7) is 1.66. The van der Waals surface area contributed by atoms with Crippen molar-refractivity contribution in [2.45, 2.75) is 57.8 Å². The van der Waals surface area contributed by atoms with Crippen molar-refractivity contribution >= 4 is 5.82 Å². The molecular weight excluding hydrogens is 231 g/mol. The maximum Gasteiger partial charge on any atom is 0.187 e. The Morgan fingerprint density at radius 1 is 1.11 bits per heavy atom. The van der Waals surface area contributed by atoms with Gasteiger partial charge in [0.05, 0.1) is 5.69 Å². The van der Waals surface area contributed by atoms with Gasteiger partial charge in [0.25, 0.3) is 0 Å². The van der Waals surface area contributed by atoms with Gasteiger partial charge in [-0.05, 0) is 19.8 Å². The van der Waals surface area contributed by atoms with Crippen LogP contribution in [0.3, 0.4) is 0 Å².